The van der Waals surface area contributed by atoms with Crippen LogP contribution < -0.4 is 0 Å². The fraction of sp³-hybridized carbons (Fsp3) is 0.292. The molecule has 4 heteroatoms. The topological polar surface area (TPSA) is 25.2 Å². The summed E-state index contributed by atoms with van der Waals surface area (Å²) >= 11 is 6.33. The maximum absolute atomic E-state index is 13.1. The number of hydrogen-bond acceptors (Lipinski definition) is 1. The van der Waals surface area contributed by atoms with Gasteiger partial charge in [-0.2, -0.15) is 0 Å². The van der Waals surface area contributed by atoms with Gasteiger partial charge in [0.2, 0.25) is 0 Å². The molecule has 0 atom stereocenters. The molecule has 0 unspecified atom stereocenters. The monoisotopic (exact) mass is 394 g/mol. The average Bonchev–Trinajstić information content (AvgIpc) is 3.15. The summed E-state index contributed by atoms with van der Waals surface area (Å²) in [5, 5.41) is 0.764. The van der Waals surface area contributed by atoms with Gasteiger partial charge in [-0.3, -0.25) is 4.79 Å². The van der Waals surface area contributed by atoms with Crippen LogP contribution in [0.2, 0.25) is 5.02 Å². The van der Waals surface area contributed by atoms with E-state index >= 15 is 0 Å². The van der Waals surface area contributed by atoms with E-state index in [0.717, 1.165) is 41.2 Å². The van der Waals surface area contributed by atoms with E-state index in [1.165, 1.54) is 5.56 Å². The van der Waals surface area contributed by atoms with Crippen molar-refractivity contribution in [2.24, 2.45) is 0 Å². The van der Waals surface area contributed by atoms with Gasteiger partial charge in [0, 0.05) is 35.6 Å². The van der Waals surface area contributed by atoms with E-state index in [0.29, 0.717) is 13.1 Å². The van der Waals surface area contributed by atoms with Crippen LogP contribution in [0.3, 0.4) is 0 Å². The van der Waals surface area contributed by atoms with Crippen LogP contribution in [-0.2, 0) is 19.5 Å². The number of amides is 1. The van der Waals surface area contributed by atoms with Crippen molar-refractivity contribution in [2.75, 3.05) is 6.54 Å². The van der Waals surface area contributed by atoms with E-state index in [1.807, 2.05) is 65.7 Å². The molecule has 0 aliphatic heterocycles. The molecular weight excluding hydrogens is 368 g/mol. The smallest absolute Gasteiger partial charge is 0.254 e. The van der Waals surface area contributed by atoms with Gasteiger partial charge in [0.15, 0.2) is 0 Å². The Morgan fingerprint density at radius 2 is 1.75 bits per heavy atom. The molecule has 0 saturated heterocycles. The molecule has 0 bridgehead atoms. The number of carbonyl (C=O) groups is 1. The molecule has 3 rings (SSSR count). The van der Waals surface area contributed by atoms with Crippen LogP contribution in [0, 0.1) is 0 Å². The van der Waals surface area contributed by atoms with E-state index in [9.17, 15) is 4.79 Å². The van der Waals surface area contributed by atoms with Crippen molar-refractivity contribution >= 4 is 17.5 Å². The highest BCUT2D eigenvalue weighted by Gasteiger charge is 2.17. The zero-order chi connectivity index (χ0) is 19.9. The minimum absolute atomic E-state index is 0.0787. The van der Waals surface area contributed by atoms with Gasteiger partial charge >= 0.3 is 0 Å². The van der Waals surface area contributed by atoms with Crippen molar-refractivity contribution in [1.29, 1.82) is 0 Å². The fourth-order valence-electron chi connectivity index (χ4n) is 3.34. The van der Waals surface area contributed by atoms with Gasteiger partial charge in [-0.05, 0) is 54.3 Å². The summed E-state index contributed by atoms with van der Waals surface area (Å²) in [5.41, 5.74) is 4.17. The average molecular weight is 395 g/mol. The second kappa shape index (κ2) is 9.61. The maximum atomic E-state index is 13.1. The third-order valence-corrected chi connectivity index (χ3v) is 5.33. The first-order valence-corrected chi connectivity index (χ1v) is 10.3. The standard InChI is InChI=1S/C24H27ClN2O/c1-3-15-27(24(28)20-13-11-19(4-2)12-14-20)18-22-9-7-16-26(22)17-21-8-5-6-10-23(21)25/h5-14,16H,3-4,15,17-18H2,1-2H3. The summed E-state index contributed by atoms with van der Waals surface area (Å²) in [6, 6.07) is 19.9. The predicted octanol–water partition coefficient (Wildman–Crippen LogP) is 5.80. The number of carbonyl (C=O) groups excluding carboxylic acids is 1. The van der Waals surface area contributed by atoms with Crippen molar-refractivity contribution in [1.82, 2.24) is 9.47 Å². The first-order valence-electron chi connectivity index (χ1n) is 9.88. The van der Waals surface area contributed by atoms with Crippen molar-refractivity contribution in [2.45, 2.75) is 39.8 Å². The number of hydrogen-bond donors (Lipinski definition) is 0. The largest absolute Gasteiger partial charge is 0.345 e. The second-order valence-electron chi connectivity index (χ2n) is 7.00. The van der Waals surface area contributed by atoms with Crippen LogP contribution in [0.4, 0.5) is 0 Å². The van der Waals surface area contributed by atoms with E-state index in [4.69, 9.17) is 11.6 Å². The van der Waals surface area contributed by atoms with Gasteiger partial charge < -0.3 is 9.47 Å². The second-order valence-corrected chi connectivity index (χ2v) is 7.40. The van der Waals surface area contributed by atoms with Crippen LogP contribution in [0.15, 0.2) is 66.9 Å². The Balaban J connectivity index is 1.78. The van der Waals surface area contributed by atoms with E-state index in [-0.39, 0.29) is 5.91 Å². The lowest BCUT2D eigenvalue weighted by molar-refractivity contribution is 0.0739. The minimum Gasteiger partial charge on any atom is -0.345 e. The van der Waals surface area contributed by atoms with Crippen molar-refractivity contribution in [3.63, 3.8) is 0 Å². The number of nitrogens with zero attached hydrogens (tertiary/aromatic N) is 2. The Hall–Kier alpha value is -2.52. The summed E-state index contributed by atoms with van der Waals surface area (Å²) in [6.45, 7) is 6.23. The zero-order valence-electron chi connectivity index (χ0n) is 16.6. The van der Waals surface area contributed by atoms with E-state index in [2.05, 4.69) is 24.5 Å². The molecule has 0 aliphatic carbocycles. The quantitative estimate of drug-likeness (QED) is 0.473. The van der Waals surface area contributed by atoms with Gasteiger partial charge in [-0.15, -0.1) is 0 Å². The first-order chi connectivity index (χ1) is 13.6. The van der Waals surface area contributed by atoms with Crippen LogP contribution in [0.25, 0.3) is 0 Å². The van der Waals surface area contributed by atoms with Crippen LogP contribution in [-0.4, -0.2) is 21.9 Å². The molecule has 1 amide bonds. The molecule has 0 fully saturated rings. The molecule has 0 saturated carbocycles. The lowest BCUT2D eigenvalue weighted by Crippen LogP contribution is -2.32. The summed E-state index contributed by atoms with van der Waals surface area (Å²) in [7, 11) is 0. The third kappa shape index (κ3) is 4.85. The number of benzene rings is 2. The van der Waals surface area contributed by atoms with Crippen molar-refractivity contribution in [3.05, 3.63) is 94.3 Å². The Labute approximate surface area is 172 Å². The Kier molecular flexibility index (Phi) is 6.94. The molecular formula is C24H27ClN2O. The molecule has 3 nitrogen and oxygen atoms in total. The summed E-state index contributed by atoms with van der Waals surface area (Å²) in [5.74, 6) is 0.0787. The lowest BCUT2D eigenvalue weighted by Gasteiger charge is -2.23. The van der Waals surface area contributed by atoms with E-state index < -0.39 is 0 Å². The summed E-state index contributed by atoms with van der Waals surface area (Å²) in [4.78, 5) is 15.0. The van der Waals surface area contributed by atoms with Gasteiger partial charge in [0.25, 0.3) is 5.91 Å². The number of aromatic nitrogens is 1. The zero-order valence-corrected chi connectivity index (χ0v) is 17.3. The molecule has 2 aromatic carbocycles. The van der Waals surface area contributed by atoms with Crippen LogP contribution in [0.1, 0.15) is 47.4 Å². The Morgan fingerprint density at radius 3 is 2.43 bits per heavy atom. The maximum Gasteiger partial charge on any atom is 0.254 e. The summed E-state index contributed by atoms with van der Waals surface area (Å²) < 4.78 is 2.16. The van der Waals surface area contributed by atoms with Gasteiger partial charge in [-0.25, -0.2) is 0 Å². The predicted molar refractivity (Wildman–Crippen MR) is 116 cm³/mol. The van der Waals surface area contributed by atoms with Gasteiger partial charge in [0.1, 0.15) is 0 Å². The molecule has 0 N–H and O–H groups in total. The fourth-order valence-corrected chi connectivity index (χ4v) is 3.54. The van der Waals surface area contributed by atoms with Crippen LogP contribution in [0.5, 0.6) is 0 Å². The van der Waals surface area contributed by atoms with Crippen molar-refractivity contribution in [3.8, 4) is 0 Å². The molecule has 1 heterocycles. The van der Waals surface area contributed by atoms with Gasteiger partial charge in [-0.1, -0.05) is 55.8 Å². The van der Waals surface area contributed by atoms with Crippen LogP contribution >= 0.6 is 11.6 Å². The highest BCUT2D eigenvalue weighted by Crippen LogP contribution is 2.19. The normalized spacial score (nSPS) is 10.8. The molecule has 3 aromatic rings. The molecule has 28 heavy (non-hydrogen) atoms. The van der Waals surface area contributed by atoms with E-state index in [1.54, 1.807) is 0 Å². The molecule has 0 radical (unpaired) electrons. The highest BCUT2D eigenvalue weighted by molar-refractivity contribution is 6.31. The minimum atomic E-state index is 0.0787. The Bertz CT molecular complexity index is 914. The number of halogens is 1. The SMILES string of the molecule is CCCN(Cc1cccn1Cc1ccccc1Cl)C(=O)c1ccc(CC)cc1. The number of rotatable bonds is 8. The molecule has 146 valence electrons. The highest BCUT2D eigenvalue weighted by atomic mass is 35.5. The molecule has 0 aliphatic rings. The van der Waals surface area contributed by atoms with Crippen molar-refractivity contribution < 1.29 is 4.79 Å². The lowest BCUT2D eigenvalue weighted by atomic mass is 10.1. The summed E-state index contributed by atoms with van der Waals surface area (Å²) in [6.07, 6.45) is 3.94. The number of aryl methyl sites for hydroxylation is 1. The molecule has 0 spiro atoms. The first kappa shape index (κ1) is 20.2. The Morgan fingerprint density at radius 1 is 1.00 bits per heavy atom. The van der Waals surface area contributed by atoms with Gasteiger partial charge in [0.05, 0.1) is 6.54 Å². The molecule has 1 aromatic heterocycles. The third-order valence-electron chi connectivity index (χ3n) is 4.96.